The average molecular weight is 502 g/mol. The van der Waals surface area contributed by atoms with Crippen LogP contribution in [0, 0.1) is 0 Å². The number of carbonyl (C=O) groups is 1. The van der Waals surface area contributed by atoms with Crippen LogP contribution in [0.25, 0.3) is 0 Å². The average Bonchev–Trinajstić information content (AvgIpc) is 2.90. The lowest BCUT2D eigenvalue weighted by atomic mass is 9.91. The van der Waals surface area contributed by atoms with Gasteiger partial charge in [0, 0.05) is 12.1 Å². The molecular weight excluding hydrogens is 475 g/mol. The lowest BCUT2D eigenvalue weighted by Gasteiger charge is -2.37. The molecule has 0 radical (unpaired) electrons. The topological polar surface area (TPSA) is 57.2 Å². The van der Waals surface area contributed by atoms with Crippen LogP contribution in [0.3, 0.4) is 0 Å². The zero-order valence-electron chi connectivity index (χ0n) is 20.1. The minimum Gasteiger partial charge on any atom is -0.497 e. The molecule has 3 aromatic carbocycles. The molecule has 36 heavy (non-hydrogen) atoms. The molecule has 3 aromatic rings. The Morgan fingerprint density at radius 1 is 0.917 bits per heavy atom. The Kier molecular flexibility index (Phi) is 7.28. The number of fused-ring (bicyclic) bond motifs is 1. The molecule has 1 aliphatic rings. The van der Waals surface area contributed by atoms with Crippen LogP contribution >= 0.6 is 0 Å². The number of rotatable bonds is 7. The van der Waals surface area contributed by atoms with Gasteiger partial charge in [-0.3, -0.25) is 4.79 Å². The van der Waals surface area contributed by atoms with E-state index in [0.717, 1.165) is 23.3 Å². The molecule has 1 aliphatic heterocycles. The number of nitrogens with zero attached hydrogens (tertiary/aromatic N) is 1. The lowest BCUT2D eigenvalue weighted by molar-refractivity contribution is -0.137. The van der Waals surface area contributed by atoms with Gasteiger partial charge in [0.15, 0.2) is 11.5 Å². The standard InChI is InChI=1S/C27H26F3NO5/c1-33-20-7-9-21(10-8-20)36-16-23-22-15-25(35-3)24(34-2)14-17(22)11-12-31(23)26(32)18-5-4-6-19(13-18)27(28,29)30/h4-10,13-15,23H,11-12,16H2,1-3H3. The van der Waals surface area contributed by atoms with Gasteiger partial charge < -0.3 is 23.8 Å². The maximum absolute atomic E-state index is 13.5. The number of hydrogen-bond acceptors (Lipinski definition) is 5. The summed E-state index contributed by atoms with van der Waals surface area (Å²) in [5.74, 6) is 1.77. The summed E-state index contributed by atoms with van der Waals surface area (Å²) in [6, 6.07) is 14.5. The van der Waals surface area contributed by atoms with Crippen LogP contribution in [0.4, 0.5) is 13.2 Å². The maximum atomic E-state index is 13.5. The van der Waals surface area contributed by atoms with Crippen molar-refractivity contribution in [2.45, 2.75) is 18.6 Å². The summed E-state index contributed by atoms with van der Waals surface area (Å²) in [5, 5.41) is 0. The SMILES string of the molecule is COc1ccc(OCC2c3cc(OC)c(OC)cc3CCN2C(=O)c2cccc(C(F)(F)F)c2)cc1. The lowest BCUT2D eigenvalue weighted by Crippen LogP contribution is -2.42. The third-order valence-electron chi connectivity index (χ3n) is 6.17. The summed E-state index contributed by atoms with van der Waals surface area (Å²) in [6.07, 6.45) is -4.05. The zero-order valence-corrected chi connectivity index (χ0v) is 20.1. The summed E-state index contributed by atoms with van der Waals surface area (Å²) < 4.78 is 61.9. The van der Waals surface area contributed by atoms with E-state index in [4.69, 9.17) is 18.9 Å². The van der Waals surface area contributed by atoms with Gasteiger partial charge in [0.2, 0.25) is 0 Å². The highest BCUT2D eigenvalue weighted by Crippen LogP contribution is 2.39. The third-order valence-corrected chi connectivity index (χ3v) is 6.17. The Morgan fingerprint density at radius 3 is 2.22 bits per heavy atom. The molecule has 1 amide bonds. The number of carbonyl (C=O) groups excluding carboxylic acids is 1. The molecule has 0 aliphatic carbocycles. The van der Waals surface area contributed by atoms with Gasteiger partial charge in [0.25, 0.3) is 5.91 Å². The highest BCUT2D eigenvalue weighted by atomic mass is 19.4. The van der Waals surface area contributed by atoms with Crippen molar-refractivity contribution in [2.75, 3.05) is 34.5 Å². The van der Waals surface area contributed by atoms with Crippen molar-refractivity contribution in [3.63, 3.8) is 0 Å². The molecule has 0 bridgehead atoms. The van der Waals surface area contributed by atoms with Crippen molar-refractivity contribution in [1.29, 1.82) is 0 Å². The summed E-state index contributed by atoms with van der Waals surface area (Å²) in [5.41, 5.74) is 0.822. The first-order chi connectivity index (χ1) is 17.2. The molecule has 4 rings (SSSR count). The molecule has 0 saturated carbocycles. The molecular formula is C27H26F3NO5. The predicted octanol–water partition coefficient (Wildman–Crippen LogP) is 5.55. The molecule has 1 unspecified atom stereocenters. The van der Waals surface area contributed by atoms with Crippen molar-refractivity contribution in [3.8, 4) is 23.0 Å². The van der Waals surface area contributed by atoms with Crippen LogP contribution in [0.5, 0.6) is 23.0 Å². The summed E-state index contributed by atoms with van der Waals surface area (Å²) in [4.78, 5) is 15.1. The van der Waals surface area contributed by atoms with E-state index in [-0.39, 0.29) is 12.2 Å². The van der Waals surface area contributed by atoms with E-state index in [0.29, 0.717) is 36.0 Å². The Balaban J connectivity index is 1.70. The minimum absolute atomic E-state index is 0.0387. The van der Waals surface area contributed by atoms with Crippen LogP contribution in [0.2, 0.25) is 0 Å². The number of amides is 1. The van der Waals surface area contributed by atoms with Gasteiger partial charge in [0.05, 0.1) is 32.9 Å². The quantitative estimate of drug-likeness (QED) is 0.425. The van der Waals surface area contributed by atoms with Crippen molar-refractivity contribution >= 4 is 5.91 Å². The third kappa shape index (κ3) is 5.19. The highest BCUT2D eigenvalue weighted by Gasteiger charge is 2.35. The first-order valence-corrected chi connectivity index (χ1v) is 11.2. The number of halogens is 3. The first kappa shape index (κ1) is 25.2. The molecule has 0 aromatic heterocycles. The number of ether oxygens (including phenoxy) is 4. The van der Waals surface area contributed by atoms with Crippen LogP contribution in [-0.4, -0.2) is 45.3 Å². The molecule has 0 saturated heterocycles. The van der Waals surface area contributed by atoms with Gasteiger partial charge in [-0.2, -0.15) is 13.2 Å². The van der Waals surface area contributed by atoms with Gasteiger partial charge in [-0.1, -0.05) is 6.07 Å². The predicted molar refractivity (Wildman–Crippen MR) is 127 cm³/mol. The Hall–Kier alpha value is -3.88. The monoisotopic (exact) mass is 501 g/mol. The van der Waals surface area contributed by atoms with Gasteiger partial charge in [-0.05, 0) is 72.1 Å². The van der Waals surface area contributed by atoms with E-state index in [9.17, 15) is 18.0 Å². The fraction of sp³-hybridized carbons (Fsp3) is 0.296. The van der Waals surface area contributed by atoms with Crippen LogP contribution in [0.15, 0.2) is 60.7 Å². The van der Waals surface area contributed by atoms with Crippen molar-refractivity contribution < 1.29 is 36.9 Å². The van der Waals surface area contributed by atoms with E-state index in [2.05, 4.69) is 0 Å². The Morgan fingerprint density at radius 2 is 1.58 bits per heavy atom. The molecule has 0 N–H and O–H groups in total. The molecule has 1 atom stereocenters. The molecule has 0 fully saturated rings. The van der Waals surface area contributed by atoms with Gasteiger partial charge >= 0.3 is 6.18 Å². The number of benzene rings is 3. The Bertz CT molecular complexity index is 1230. The van der Waals surface area contributed by atoms with Gasteiger partial charge in [-0.25, -0.2) is 0 Å². The van der Waals surface area contributed by atoms with Crippen molar-refractivity contribution in [1.82, 2.24) is 4.90 Å². The van der Waals surface area contributed by atoms with Gasteiger partial charge in [-0.15, -0.1) is 0 Å². The minimum atomic E-state index is -4.55. The number of hydrogen-bond donors (Lipinski definition) is 0. The fourth-order valence-corrected chi connectivity index (χ4v) is 4.29. The Labute approximate surface area is 207 Å². The van der Waals surface area contributed by atoms with E-state index < -0.39 is 23.7 Å². The second kappa shape index (κ2) is 10.4. The largest absolute Gasteiger partial charge is 0.497 e. The second-order valence-corrected chi connectivity index (χ2v) is 8.24. The second-order valence-electron chi connectivity index (χ2n) is 8.24. The summed E-state index contributed by atoms with van der Waals surface area (Å²) in [6.45, 7) is 0.383. The summed E-state index contributed by atoms with van der Waals surface area (Å²) in [7, 11) is 4.62. The molecule has 1 heterocycles. The smallest absolute Gasteiger partial charge is 0.416 e. The van der Waals surface area contributed by atoms with Crippen molar-refractivity contribution in [3.05, 3.63) is 82.9 Å². The van der Waals surface area contributed by atoms with E-state index in [1.807, 2.05) is 6.07 Å². The number of methoxy groups -OCH3 is 3. The fourth-order valence-electron chi connectivity index (χ4n) is 4.29. The summed E-state index contributed by atoms with van der Waals surface area (Å²) >= 11 is 0. The maximum Gasteiger partial charge on any atom is 0.416 e. The molecule has 0 spiro atoms. The normalized spacial score (nSPS) is 15.2. The van der Waals surface area contributed by atoms with E-state index >= 15 is 0 Å². The van der Waals surface area contributed by atoms with Crippen LogP contribution in [-0.2, 0) is 12.6 Å². The van der Waals surface area contributed by atoms with Crippen LogP contribution < -0.4 is 18.9 Å². The molecule has 6 nitrogen and oxygen atoms in total. The molecule has 9 heteroatoms. The van der Waals surface area contributed by atoms with Crippen molar-refractivity contribution in [2.24, 2.45) is 0 Å². The zero-order chi connectivity index (χ0) is 25.9. The van der Waals surface area contributed by atoms with Crippen LogP contribution in [0.1, 0.15) is 33.1 Å². The number of alkyl halides is 3. The highest BCUT2D eigenvalue weighted by molar-refractivity contribution is 5.95. The van der Waals surface area contributed by atoms with E-state index in [1.54, 1.807) is 49.5 Å². The first-order valence-electron chi connectivity index (χ1n) is 11.2. The van der Waals surface area contributed by atoms with Gasteiger partial charge in [0.1, 0.15) is 18.1 Å². The van der Waals surface area contributed by atoms with E-state index in [1.165, 1.54) is 19.2 Å². The molecule has 190 valence electrons.